The number of alkyl halides is 1. The van der Waals surface area contributed by atoms with Gasteiger partial charge in [0.15, 0.2) is 0 Å². The van der Waals surface area contributed by atoms with Crippen LogP contribution in [-0.4, -0.2) is 5.11 Å². The van der Waals surface area contributed by atoms with Crippen LogP contribution in [0, 0.1) is 6.92 Å². The first-order valence-corrected chi connectivity index (χ1v) is 5.39. The van der Waals surface area contributed by atoms with E-state index in [2.05, 4.69) is 6.07 Å². The van der Waals surface area contributed by atoms with Crippen LogP contribution < -0.4 is 0 Å². The van der Waals surface area contributed by atoms with Crippen molar-refractivity contribution >= 4 is 33.0 Å². The quantitative estimate of drug-likeness (QED) is 0.716. The summed E-state index contributed by atoms with van der Waals surface area (Å²) in [4.78, 5) is 0. The van der Waals surface area contributed by atoms with Gasteiger partial charge in [0, 0.05) is 16.0 Å². The molecule has 13 heavy (non-hydrogen) atoms. The van der Waals surface area contributed by atoms with Crippen molar-refractivity contribution < 1.29 is 5.11 Å². The number of fused-ring (bicyclic) bond motifs is 1. The van der Waals surface area contributed by atoms with E-state index in [0.29, 0.717) is 11.6 Å². The third-order valence-corrected chi connectivity index (χ3v) is 3.29. The highest BCUT2D eigenvalue weighted by Gasteiger charge is 2.07. The van der Waals surface area contributed by atoms with E-state index in [4.69, 9.17) is 11.6 Å². The number of hydrogen-bond acceptors (Lipinski definition) is 2. The monoisotopic (exact) mass is 212 g/mol. The van der Waals surface area contributed by atoms with Crippen molar-refractivity contribution in [2.24, 2.45) is 0 Å². The molecule has 1 heterocycles. The van der Waals surface area contributed by atoms with Crippen LogP contribution in [-0.2, 0) is 5.88 Å². The van der Waals surface area contributed by atoms with Crippen LogP contribution in [0.4, 0.5) is 0 Å². The fraction of sp³-hybridized carbons (Fsp3) is 0.200. The number of hydrogen-bond donors (Lipinski definition) is 1. The second kappa shape index (κ2) is 3.20. The van der Waals surface area contributed by atoms with Crippen LogP contribution in [0.15, 0.2) is 17.5 Å². The molecule has 0 amide bonds. The Morgan fingerprint density at radius 2 is 2.23 bits per heavy atom. The number of halogens is 1. The normalized spacial score (nSPS) is 10.9. The van der Waals surface area contributed by atoms with E-state index < -0.39 is 0 Å². The van der Waals surface area contributed by atoms with E-state index in [0.717, 1.165) is 21.2 Å². The summed E-state index contributed by atoms with van der Waals surface area (Å²) in [6, 6.07) is 3.83. The Bertz CT molecular complexity index is 447. The van der Waals surface area contributed by atoms with Gasteiger partial charge < -0.3 is 5.11 Å². The molecule has 0 aliphatic carbocycles. The minimum Gasteiger partial charge on any atom is -0.507 e. The minimum atomic E-state index is 0.340. The summed E-state index contributed by atoms with van der Waals surface area (Å²) >= 11 is 7.38. The SMILES string of the molecule is Cc1cc(O)c2c(CCl)csc2c1. The summed E-state index contributed by atoms with van der Waals surface area (Å²) in [6.45, 7) is 1.97. The molecule has 0 fully saturated rings. The molecule has 0 aliphatic heterocycles. The Labute approximate surface area is 85.6 Å². The molecule has 0 aliphatic rings. The fourth-order valence-electron chi connectivity index (χ4n) is 1.44. The van der Waals surface area contributed by atoms with Gasteiger partial charge >= 0.3 is 0 Å². The summed E-state index contributed by atoms with van der Waals surface area (Å²) in [7, 11) is 0. The Kier molecular flexibility index (Phi) is 2.18. The number of benzene rings is 1. The van der Waals surface area contributed by atoms with Crippen LogP contribution in [0.25, 0.3) is 10.1 Å². The Hall–Kier alpha value is -0.730. The van der Waals surface area contributed by atoms with E-state index in [-0.39, 0.29) is 0 Å². The zero-order chi connectivity index (χ0) is 9.42. The molecule has 1 nitrogen and oxygen atoms in total. The molecule has 0 saturated heterocycles. The molecule has 0 spiro atoms. The third-order valence-electron chi connectivity index (χ3n) is 2.02. The molecule has 1 aromatic carbocycles. The van der Waals surface area contributed by atoms with Crippen LogP contribution in [0.2, 0.25) is 0 Å². The first-order valence-electron chi connectivity index (χ1n) is 3.98. The molecule has 0 radical (unpaired) electrons. The second-order valence-electron chi connectivity index (χ2n) is 3.05. The van der Waals surface area contributed by atoms with Crippen molar-refractivity contribution in [3.8, 4) is 5.75 Å². The first kappa shape index (κ1) is 8.85. The molecular formula is C10H9ClOS. The predicted molar refractivity (Wildman–Crippen MR) is 57.8 cm³/mol. The van der Waals surface area contributed by atoms with Gasteiger partial charge in [0.25, 0.3) is 0 Å². The van der Waals surface area contributed by atoms with Crippen LogP contribution in [0.5, 0.6) is 5.75 Å². The minimum absolute atomic E-state index is 0.340. The lowest BCUT2D eigenvalue weighted by molar-refractivity contribution is 0.481. The van der Waals surface area contributed by atoms with E-state index in [1.807, 2.05) is 12.3 Å². The molecule has 0 bridgehead atoms. The molecular weight excluding hydrogens is 204 g/mol. The van der Waals surface area contributed by atoms with Crippen LogP contribution in [0.3, 0.4) is 0 Å². The summed E-state index contributed by atoms with van der Waals surface area (Å²) in [5.74, 6) is 0.795. The van der Waals surface area contributed by atoms with Gasteiger partial charge in [-0.3, -0.25) is 0 Å². The average molecular weight is 213 g/mol. The Morgan fingerprint density at radius 1 is 1.46 bits per heavy atom. The topological polar surface area (TPSA) is 20.2 Å². The summed E-state index contributed by atoms with van der Waals surface area (Å²) in [5, 5.41) is 12.6. The highest BCUT2D eigenvalue weighted by atomic mass is 35.5. The lowest BCUT2D eigenvalue weighted by Crippen LogP contribution is -1.76. The molecule has 0 atom stereocenters. The van der Waals surface area contributed by atoms with Gasteiger partial charge in [-0.05, 0) is 35.6 Å². The van der Waals surface area contributed by atoms with Crippen molar-refractivity contribution in [2.45, 2.75) is 12.8 Å². The van der Waals surface area contributed by atoms with Gasteiger partial charge in [0.05, 0.1) is 0 Å². The van der Waals surface area contributed by atoms with Crippen molar-refractivity contribution in [3.63, 3.8) is 0 Å². The smallest absolute Gasteiger partial charge is 0.124 e. The second-order valence-corrected chi connectivity index (χ2v) is 4.23. The lowest BCUT2D eigenvalue weighted by Gasteiger charge is -1.99. The molecule has 2 rings (SSSR count). The summed E-state index contributed by atoms with van der Waals surface area (Å²) in [5.41, 5.74) is 2.09. The fourth-order valence-corrected chi connectivity index (χ4v) is 2.82. The number of phenolic OH excluding ortho intramolecular Hbond substituents is 1. The van der Waals surface area contributed by atoms with Gasteiger partial charge in [-0.25, -0.2) is 0 Å². The Morgan fingerprint density at radius 3 is 2.92 bits per heavy atom. The molecule has 0 unspecified atom stereocenters. The van der Waals surface area contributed by atoms with Crippen molar-refractivity contribution in [1.82, 2.24) is 0 Å². The third kappa shape index (κ3) is 1.40. The van der Waals surface area contributed by atoms with E-state index in [1.165, 1.54) is 0 Å². The van der Waals surface area contributed by atoms with Crippen LogP contribution in [0.1, 0.15) is 11.1 Å². The average Bonchev–Trinajstić information content (AvgIpc) is 2.47. The zero-order valence-corrected chi connectivity index (χ0v) is 8.75. The molecule has 1 N–H and O–H groups in total. The standard InChI is InChI=1S/C10H9ClOS/c1-6-2-8(12)10-7(4-11)5-13-9(10)3-6/h2-3,5,12H,4H2,1H3. The highest BCUT2D eigenvalue weighted by Crippen LogP contribution is 2.34. The maximum absolute atomic E-state index is 9.70. The number of rotatable bonds is 1. The number of thiophene rings is 1. The molecule has 3 heteroatoms. The summed E-state index contributed by atoms with van der Waals surface area (Å²) < 4.78 is 1.10. The maximum Gasteiger partial charge on any atom is 0.124 e. The van der Waals surface area contributed by atoms with E-state index >= 15 is 0 Å². The maximum atomic E-state index is 9.70. The van der Waals surface area contributed by atoms with Crippen molar-refractivity contribution in [2.75, 3.05) is 0 Å². The van der Waals surface area contributed by atoms with E-state index in [9.17, 15) is 5.11 Å². The predicted octanol–water partition coefficient (Wildman–Crippen LogP) is 3.65. The zero-order valence-electron chi connectivity index (χ0n) is 7.17. The molecule has 2 aromatic rings. The lowest BCUT2D eigenvalue weighted by atomic mass is 10.1. The van der Waals surface area contributed by atoms with Crippen LogP contribution >= 0.6 is 22.9 Å². The van der Waals surface area contributed by atoms with Gasteiger partial charge in [-0.2, -0.15) is 0 Å². The summed E-state index contributed by atoms with van der Waals surface area (Å²) in [6.07, 6.45) is 0. The van der Waals surface area contributed by atoms with Gasteiger partial charge in [-0.15, -0.1) is 22.9 Å². The Balaban J connectivity index is 2.82. The van der Waals surface area contributed by atoms with Crippen molar-refractivity contribution in [1.29, 1.82) is 0 Å². The van der Waals surface area contributed by atoms with Crippen molar-refractivity contribution in [3.05, 3.63) is 28.6 Å². The number of phenols is 1. The molecule has 68 valence electrons. The van der Waals surface area contributed by atoms with Gasteiger partial charge in [0.1, 0.15) is 5.75 Å². The number of aryl methyl sites for hydroxylation is 1. The van der Waals surface area contributed by atoms with Gasteiger partial charge in [0.2, 0.25) is 0 Å². The highest BCUT2D eigenvalue weighted by molar-refractivity contribution is 7.17. The largest absolute Gasteiger partial charge is 0.507 e. The first-order chi connectivity index (χ1) is 6.22. The van der Waals surface area contributed by atoms with E-state index in [1.54, 1.807) is 17.4 Å². The molecule has 0 saturated carbocycles. The number of aromatic hydroxyl groups is 1. The van der Waals surface area contributed by atoms with Gasteiger partial charge in [-0.1, -0.05) is 0 Å². The molecule has 1 aromatic heterocycles.